The maximum absolute atomic E-state index is 14.2. The number of nitrogens with one attached hydrogen (secondary N) is 2. The molecule has 0 spiro atoms. The van der Waals surface area contributed by atoms with E-state index in [-0.39, 0.29) is 17.3 Å². The number of anilines is 1. The van der Waals surface area contributed by atoms with Crippen molar-refractivity contribution in [1.82, 2.24) is 10.2 Å². The fourth-order valence-corrected chi connectivity index (χ4v) is 2.63. The Kier molecular flexibility index (Phi) is 3.61. The van der Waals surface area contributed by atoms with Crippen LogP contribution in [0.3, 0.4) is 0 Å². The van der Waals surface area contributed by atoms with E-state index in [1.165, 1.54) is 6.07 Å². The molecule has 1 aliphatic rings. The Bertz CT molecular complexity index is 926. The third kappa shape index (κ3) is 2.93. The quantitative estimate of drug-likeness (QED) is 0.756. The topological polar surface area (TPSA) is 57.8 Å². The van der Waals surface area contributed by atoms with E-state index in [1.807, 2.05) is 42.5 Å². The van der Waals surface area contributed by atoms with Gasteiger partial charge in [0.25, 0.3) is 0 Å². The number of amides is 1. The van der Waals surface area contributed by atoms with Crippen molar-refractivity contribution in [2.45, 2.75) is 12.8 Å². The van der Waals surface area contributed by atoms with Crippen LogP contribution >= 0.6 is 0 Å². The second kappa shape index (κ2) is 5.92. The Morgan fingerprint density at radius 2 is 2.00 bits per heavy atom. The zero-order chi connectivity index (χ0) is 16.5. The summed E-state index contributed by atoms with van der Waals surface area (Å²) in [5, 5.41) is 10.3. The van der Waals surface area contributed by atoms with Crippen LogP contribution in [-0.4, -0.2) is 16.1 Å². The highest BCUT2D eigenvalue weighted by atomic mass is 19.1. The van der Waals surface area contributed by atoms with E-state index in [0.29, 0.717) is 16.8 Å². The molecule has 3 aromatic rings. The molecule has 0 bridgehead atoms. The fraction of sp³-hybridized carbons (Fsp3) is 0.158. The van der Waals surface area contributed by atoms with Gasteiger partial charge in [0.05, 0.1) is 5.69 Å². The second-order valence-corrected chi connectivity index (χ2v) is 6.00. The summed E-state index contributed by atoms with van der Waals surface area (Å²) in [7, 11) is 0. The van der Waals surface area contributed by atoms with E-state index < -0.39 is 5.82 Å². The van der Waals surface area contributed by atoms with Crippen LogP contribution in [0.1, 0.15) is 24.1 Å². The van der Waals surface area contributed by atoms with Crippen LogP contribution in [-0.2, 0) is 4.79 Å². The van der Waals surface area contributed by atoms with Gasteiger partial charge in [-0.05, 0) is 36.6 Å². The number of carbonyl (C=O) groups excluding carboxylic acids is 1. The van der Waals surface area contributed by atoms with Gasteiger partial charge in [-0.25, -0.2) is 4.39 Å². The SMILES string of the molecule is O=C(Nc1cc(F)c2n[nH]c(/C=C/c3ccccc3)c2c1)C1CC1. The van der Waals surface area contributed by atoms with Crippen LogP contribution in [0.4, 0.5) is 10.1 Å². The molecule has 1 heterocycles. The maximum atomic E-state index is 14.2. The lowest BCUT2D eigenvalue weighted by atomic mass is 10.1. The summed E-state index contributed by atoms with van der Waals surface area (Å²) in [4.78, 5) is 11.9. The smallest absolute Gasteiger partial charge is 0.227 e. The van der Waals surface area contributed by atoms with Crippen molar-refractivity contribution in [3.05, 3.63) is 59.5 Å². The number of aromatic nitrogens is 2. The molecule has 0 aliphatic heterocycles. The van der Waals surface area contributed by atoms with Gasteiger partial charge >= 0.3 is 0 Å². The first-order valence-corrected chi connectivity index (χ1v) is 7.92. The Balaban J connectivity index is 1.67. The van der Waals surface area contributed by atoms with Crippen molar-refractivity contribution in [3.63, 3.8) is 0 Å². The number of carbonyl (C=O) groups is 1. The minimum absolute atomic E-state index is 0.0429. The Hall–Kier alpha value is -2.95. The highest BCUT2D eigenvalue weighted by Crippen LogP contribution is 2.31. The Morgan fingerprint density at radius 1 is 1.21 bits per heavy atom. The number of H-pyrrole nitrogens is 1. The van der Waals surface area contributed by atoms with Gasteiger partial charge in [-0.1, -0.05) is 36.4 Å². The van der Waals surface area contributed by atoms with Crippen LogP contribution in [0, 0.1) is 11.7 Å². The molecule has 0 radical (unpaired) electrons. The van der Waals surface area contributed by atoms with Crippen LogP contribution in [0.25, 0.3) is 23.1 Å². The summed E-state index contributed by atoms with van der Waals surface area (Å²) >= 11 is 0. The summed E-state index contributed by atoms with van der Waals surface area (Å²) in [6.45, 7) is 0. The van der Waals surface area contributed by atoms with Gasteiger partial charge in [-0.3, -0.25) is 9.89 Å². The first-order valence-electron chi connectivity index (χ1n) is 7.92. The molecule has 4 rings (SSSR count). The van der Waals surface area contributed by atoms with Crippen molar-refractivity contribution >= 4 is 34.6 Å². The molecule has 0 atom stereocenters. The molecule has 5 heteroatoms. The molecule has 2 N–H and O–H groups in total. The zero-order valence-corrected chi connectivity index (χ0v) is 12.9. The largest absolute Gasteiger partial charge is 0.326 e. The van der Waals surface area contributed by atoms with Gasteiger partial charge < -0.3 is 5.32 Å². The molecule has 120 valence electrons. The van der Waals surface area contributed by atoms with E-state index >= 15 is 0 Å². The van der Waals surface area contributed by atoms with Crippen molar-refractivity contribution in [2.24, 2.45) is 5.92 Å². The molecular formula is C19H16FN3O. The molecule has 1 amide bonds. The van der Waals surface area contributed by atoms with Crippen molar-refractivity contribution in [3.8, 4) is 0 Å². The van der Waals surface area contributed by atoms with E-state index in [9.17, 15) is 9.18 Å². The molecule has 0 unspecified atom stereocenters. The Morgan fingerprint density at radius 3 is 2.75 bits per heavy atom. The van der Waals surface area contributed by atoms with E-state index in [0.717, 1.165) is 18.4 Å². The predicted octanol–water partition coefficient (Wildman–Crippen LogP) is 4.22. The number of aromatic amines is 1. The highest BCUT2D eigenvalue weighted by Gasteiger charge is 2.29. The number of halogens is 1. The second-order valence-electron chi connectivity index (χ2n) is 6.00. The van der Waals surface area contributed by atoms with Crippen molar-refractivity contribution in [1.29, 1.82) is 0 Å². The predicted molar refractivity (Wildman–Crippen MR) is 92.8 cm³/mol. The summed E-state index contributed by atoms with van der Waals surface area (Å²) in [5.74, 6) is -0.418. The normalized spacial score (nSPS) is 14.4. The molecule has 1 aliphatic carbocycles. The first kappa shape index (κ1) is 14.6. The Labute approximate surface area is 138 Å². The third-order valence-corrected chi connectivity index (χ3v) is 4.10. The first-order chi connectivity index (χ1) is 11.7. The number of hydrogen-bond donors (Lipinski definition) is 2. The molecule has 0 saturated heterocycles. The van der Waals surface area contributed by atoms with Crippen LogP contribution < -0.4 is 5.32 Å². The average Bonchev–Trinajstić information content (AvgIpc) is 3.36. The van der Waals surface area contributed by atoms with Gasteiger partial charge in [0.2, 0.25) is 5.91 Å². The molecule has 1 fully saturated rings. The lowest BCUT2D eigenvalue weighted by Gasteiger charge is -2.05. The van der Waals surface area contributed by atoms with Gasteiger partial charge in [0.15, 0.2) is 5.82 Å². The minimum Gasteiger partial charge on any atom is -0.326 e. The number of fused-ring (bicyclic) bond motifs is 1. The molecule has 2 aromatic carbocycles. The monoisotopic (exact) mass is 321 g/mol. The number of hydrogen-bond acceptors (Lipinski definition) is 2. The minimum atomic E-state index is -0.450. The number of benzene rings is 2. The molecule has 4 nitrogen and oxygen atoms in total. The summed E-state index contributed by atoms with van der Waals surface area (Å²) in [6.07, 6.45) is 5.61. The van der Waals surface area contributed by atoms with E-state index in [2.05, 4.69) is 15.5 Å². The van der Waals surface area contributed by atoms with Crippen LogP contribution in [0.15, 0.2) is 42.5 Å². The summed E-state index contributed by atoms with van der Waals surface area (Å²) < 4.78 is 14.2. The number of nitrogens with zero attached hydrogens (tertiary/aromatic N) is 1. The summed E-state index contributed by atoms with van der Waals surface area (Å²) in [5.41, 5.74) is 2.48. The molecular weight excluding hydrogens is 305 g/mol. The molecule has 1 saturated carbocycles. The lowest BCUT2D eigenvalue weighted by Crippen LogP contribution is -2.13. The maximum Gasteiger partial charge on any atom is 0.227 e. The number of rotatable bonds is 4. The van der Waals surface area contributed by atoms with Crippen molar-refractivity contribution in [2.75, 3.05) is 5.32 Å². The van der Waals surface area contributed by atoms with Crippen molar-refractivity contribution < 1.29 is 9.18 Å². The average molecular weight is 321 g/mol. The van der Waals surface area contributed by atoms with Gasteiger partial charge in [-0.2, -0.15) is 5.10 Å². The molecule has 24 heavy (non-hydrogen) atoms. The van der Waals surface area contributed by atoms with E-state index in [1.54, 1.807) is 6.07 Å². The fourth-order valence-electron chi connectivity index (χ4n) is 2.63. The summed E-state index contributed by atoms with van der Waals surface area (Å²) in [6, 6.07) is 12.9. The standard InChI is InChI=1S/C19H16FN3O/c20-16-11-14(21-19(24)13-7-8-13)10-15-17(22-23-18(15)16)9-6-12-4-2-1-3-5-12/h1-6,9-11,13H,7-8H2,(H,21,24)(H,22,23)/b9-6+. The third-order valence-electron chi connectivity index (χ3n) is 4.10. The van der Waals surface area contributed by atoms with Crippen LogP contribution in [0.2, 0.25) is 0 Å². The van der Waals surface area contributed by atoms with Gasteiger partial charge in [0, 0.05) is 17.0 Å². The van der Waals surface area contributed by atoms with Gasteiger partial charge in [-0.15, -0.1) is 0 Å². The lowest BCUT2D eigenvalue weighted by molar-refractivity contribution is -0.117. The van der Waals surface area contributed by atoms with E-state index in [4.69, 9.17) is 0 Å². The molecule has 1 aromatic heterocycles. The zero-order valence-electron chi connectivity index (χ0n) is 12.9. The highest BCUT2D eigenvalue weighted by molar-refractivity contribution is 5.98. The van der Waals surface area contributed by atoms with Gasteiger partial charge in [0.1, 0.15) is 5.52 Å². The van der Waals surface area contributed by atoms with Crippen LogP contribution in [0.5, 0.6) is 0 Å².